The maximum absolute atomic E-state index is 13.6. The van der Waals surface area contributed by atoms with Crippen LogP contribution in [0.5, 0.6) is 0 Å². The summed E-state index contributed by atoms with van der Waals surface area (Å²) in [5.74, 6) is -1.96. The third-order valence-corrected chi connectivity index (χ3v) is 7.14. The van der Waals surface area contributed by atoms with Crippen LogP contribution in [0.15, 0.2) is 66.7 Å². The maximum atomic E-state index is 13.6. The van der Waals surface area contributed by atoms with E-state index in [1.807, 2.05) is 48.5 Å². The third kappa shape index (κ3) is 2.28. The Morgan fingerprint density at radius 2 is 1.23 bits per heavy atom. The molecule has 0 radical (unpaired) electrons. The van der Waals surface area contributed by atoms with E-state index in [1.54, 1.807) is 0 Å². The van der Waals surface area contributed by atoms with Crippen LogP contribution in [-0.2, 0) is 9.59 Å². The lowest BCUT2D eigenvalue weighted by Gasteiger charge is -2.45. The Kier molecular flexibility index (Phi) is 3.68. The summed E-state index contributed by atoms with van der Waals surface area (Å²) in [7, 11) is 0. The molecule has 0 N–H and O–H groups in total. The van der Waals surface area contributed by atoms with Crippen molar-refractivity contribution in [2.75, 3.05) is 4.90 Å². The molecule has 1 saturated heterocycles. The van der Waals surface area contributed by atoms with Gasteiger partial charge in [-0.15, -0.1) is 0 Å². The Balaban J connectivity index is 1.52. The number of rotatable bonds is 2. The summed E-state index contributed by atoms with van der Waals surface area (Å²) in [6.07, 6.45) is 0. The van der Waals surface area contributed by atoms with Gasteiger partial charge in [0, 0.05) is 17.9 Å². The van der Waals surface area contributed by atoms with Gasteiger partial charge < -0.3 is 0 Å². The van der Waals surface area contributed by atoms with Crippen LogP contribution in [0.3, 0.4) is 0 Å². The second-order valence-electron chi connectivity index (χ2n) is 8.17. The second-order valence-corrected chi connectivity index (χ2v) is 8.58. The van der Waals surface area contributed by atoms with Crippen LogP contribution in [0.1, 0.15) is 34.1 Å². The third-order valence-electron chi connectivity index (χ3n) is 6.83. The molecule has 7 rings (SSSR count). The molecule has 1 aliphatic heterocycles. The monoisotopic (exact) mass is 430 g/mol. The summed E-state index contributed by atoms with van der Waals surface area (Å²) in [6, 6.07) is 20.0. The van der Waals surface area contributed by atoms with E-state index in [0.29, 0.717) is 0 Å². The first kappa shape index (κ1) is 18.3. The molecule has 0 spiro atoms. The van der Waals surface area contributed by atoms with E-state index in [2.05, 4.69) is 0 Å². The summed E-state index contributed by atoms with van der Waals surface area (Å²) in [5.41, 5.74) is 4.39. The fraction of sp³-hybridized carbons (Fsp3) is 0.167. The quantitative estimate of drug-likeness (QED) is 0.337. The number of benzene rings is 3. The molecule has 6 nitrogen and oxygen atoms in total. The first-order valence-corrected chi connectivity index (χ1v) is 10.4. The number of nitro benzene ring substituents is 1. The van der Waals surface area contributed by atoms with Crippen LogP contribution < -0.4 is 4.90 Å². The molecule has 3 aromatic carbocycles. The van der Waals surface area contributed by atoms with Gasteiger partial charge in [0.15, 0.2) is 0 Å². The Hall–Kier alpha value is -3.51. The number of nitro groups is 1. The van der Waals surface area contributed by atoms with Crippen LogP contribution in [0, 0.1) is 22.0 Å². The van der Waals surface area contributed by atoms with Gasteiger partial charge in [-0.05, 0) is 34.4 Å². The Morgan fingerprint density at radius 3 is 1.61 bits per heavy atom. The molecule has 152 valence electrons. The standard InChI is InChI=1S/C24H15ClN2O4/c25-17-11-12(9-10-18(17)27(30)31)26-23(28)21-19-13-5-1-2-6-14(13)20(22(21)24(26)29)16-8-4-3-7-15(16)19/h1-11,19-22H. The summed E-state index contributed by atoms with van der Waals surface area (Å²) in [6.45, 7) is 0. The molecule has 2 bridgehead atoms. The van der Waals surface area contributed by atoms with Crippen LogP contribution >= 0.6 is 11.6 Å². The number of imide groups is 1. The van der Waals surface area contributed by atoms with E-state index in [4.69, 9.17) is 11.6 Å². The molecule has 7 heteroatoms. The highest BCUT2D eigenvalue weighted by molar-refractivity contribution is 6.33. The predicted molar refractivity (Wildman–Crippen MR) is 114 cm³/mol. The lowest BCUT2D eigenvalue weighted by Crippen LogP contribution is -2.41. The number of hydrogen-bond acceptors (Lipinski definition) is 4. The molecular formula is C24H15ClN2O4. The lowest BCUT2D eigenvalue weighted by atomic mass is 9.55. The number of nitrogens with zero attached hydrogens (tertiary/aromatic N) is 2. The molecule has 2 amide bonds. The molecule has 1 fully saturated rings. The topological polar surface area (TPSA) is 80.5 Å². The molecule has 3 aromatic rings. The molecule has 2 atom stereocenters. The van der Waals surface area contributed by atoms with E-state index in [0.717, 1.165) is 22.3 Å². The van der Waals surface area contributed by atoms with Crippen molar-refractivity contribution in [3.05, 3.63) is 104 Å². The van der Waals surface area contributed by atoms with Crippen molar-refractivity contribution >= 4 is 34.8 Å². The minimum Gasteiger partial charge on any atom is -0.274 e. The Morgan fingerprint density at radius 1 is 0.774 bits per heavy atom. The van der Waals surface area contributed by atoms with Crippen molar-refractivity contribution < 1.29 is 14.5 Å². The van der Waals surface area contributed by atoms with E-state index in [1.165, 1.54) is 23.1 Å². The minimum atomic E-state index is -0.590. The van der Waals surface area contributed by atoms with Gasteiger partial charge in [0.1, 0.15) is 5.02 Å². The van der Waals surface area contributed by atoms with Gasteiger partial charge in [-0.2, -0.15) is 0 Å². The van der Waals surface area contributed by atoms with Gasteiger partial charge in [0.2, 0.25) is 11.8 Å². The average molecular weight is 431 g/mol. The molecule has 3 aliphatic carbocycles. The number of anilines is 1. The number of carbonyl (C=O) groups excluding carboxylic acids is 2. The Bertz CT molecular complexity index is 1200. The smallest absolute Gasteiger partial charge is 0.274 e. The fourth-order valence-corrected chi connectivity index (χ4v) is 5.96. The van der Waals surface area contributed by atoms with Crippen molar-refractivity contribution in [1.82, 2.24) is 0 Å². The summed E-state index contributed by atoms with van der Waals surface area (Å²) >= 11 is 6.08. The highest BCUT2D eigenvalue weighted by Gasteiger charge is 2.61. The number of carbonyl (C=O) groups is 2. The largest absolute Gasteiger partial charge is 0.288 e. The van der Waals surface area contributed by atoms with Gasteiger partial charge >= 0.3 is 0 Å². The Labute approximate surface area is 182 Å². The van der Waals surface area contributed by atoms with Crippen molar-refractivity contribution in [3.63, 3.8) is 0 Å². The average Bonchev–Trinajstić information content (AvgIpc) is 3.04. The van der Waals surface area contributed by atoms with Gasteiger partial charge in [0.25, 0.3) is 5.69 Å². The number of amides is 2. The zero-order valence-electron chi connectivity index (χ0n) is 16.1. The first-order valence-electron chi connectivity index (χ1n) is 9.98. The normalized spacial score (nSPS) is 25.3. The van der Waals surface area contributed by atoms with Crippen molar-refractivity contribution in [3.8, 4) is 0 Å². The molecular weight excluding hydrogens is 416 g/mol. The fourth-order valence-electron chi connectivity index (χ4n) is 5.71. The van der Waals surface area contributed by atoms with E-state index in [9.17, 15) is 19.7 Å². The van der Waals surface area contributed by atoms with Gasteiger partial charge in [-0.3, -0.25) is 19.7 Å². The van der Waals surface area contributed by atoms with Gasteiger partial charge in [-0.1, -0.05) is 60.1 Å². The molecule has 0 aromatic heterocycles. The van der Waals surface area contributed by atoms with Crippen LogP contribution in [0.25, 0.3) is 0 Å². The van der Waals surface area contributed by atoms with Crippen LogP contribution in [0.4, 0.5) is 11.4 Å². The maximum Gasteiger partial charge on any atom is 0.288 e. The van der Waals surface area contributed by atoms with Gasteiger partial charge in [0.05, 0.1) is 22.4 Å². The summed E-state index contributed by atoms with van der Waals surface area (Å²) in [5, 5.41) is 11.0. The van der Waals surface area contributed by atoms with E-state index < -0.39 is 16.8 Å². The SMILES string of the molecule is O=C1C2C3c4ccccc4C(c4ccccc43)C2C(=O)N1c1ccc([N+](=O)[O-])c(Cl)c1. The molecule has 1 heterocycles. The van der Waals surface area contributed by atoms with Crippen molar-refractivity contribution in [1.29, 1.82) is 0 Å². The van der Waals surface area contributed by atoms with Crippen molar-refractivity contribution in [2.45, 2.75) is 11.8 Å². The summed E-state index contributed by atoms with van der Waals surface area (Å²) in [4.78, 5) is 38.9. The highest BCUT2D eigenvalue weighted by atomic mass is 35.5. The predicted octanol–water partition coefficient (Wildman–Crippen LogP) is 4.64. The van der Waals surface area contributed by atoms with Crippen LogP contribution in [-0.4, -0.2) is 16.7 Å². The molecule has 4 aliphatic rings. The zero-order valence-corrected chi connectivity index (χ0v) is 16.8. The highest BCUT2D eigenvalue weighted by Crippen LogP contribution is 2.61. The van der Waals surface area contributed by atoms with Crippen LogP contribution in [0.2, 0.25) is 5.02 Å². The van der Waals surface area contributed by atoms with E-state index >= 15 is 0 Å². The number of halogens is 1. The van der Waals surface area contributed by atoms with Gasteiger partial charge in [-0.25, -0.2) is 4.90 Å². The second kappa shape index (κ2) is 6.25. The molecule has 2 unspecified atom stereocenters. The summed E-state index contributed by atoms with van der Waals surface area (Å²) < 4.78 is 0. The zero-order chi connectivity index (χ0) is 21.4. The lowest BCUT2D eigenvalue weighted by molar-refractivity contribution is -0.384. The number of hydrogen-bond donors (Lipinski definition) is 0. The first-order chi connectivity index (χ1) is 15.0. The minimum absolute atomic E-state index is 0.104. The van der Waals surface area contributed by atoms with Crippen molar-refractivity contribution in [2.24, 2.45) is 11.8 Å². The molecule has 0 saturated carbocycles. The molecule has 31 heavy (non-hydrogen) atoms. The van der Waals surface area contributed by atoms with E-state index in [-0.39, 0.29) is 40.0 Å².